The summed E-state index contributed by atoms with van der Waals surface area (Å²) in [5.74, 6) is 1.31. The van der Waals surface area contributed by atoms with Gasteiger partial charge in [-0.05, 0) is 44.9 Å². The van der Waals surface area contributed by atoms with Gasteiger partial charge in [-0.2, -0.15) is 0 Å². The first kappa shape index (κ1) is 17.0. The zero-order valence-electron chi connectivity index (χ0n) is 13.9. The standard InChI is InChI=1S/C17H23N3O3/c1-10(9-21)11(2)19-17(22)20-15-7-5-6-14(8-15)16-18-12(3)13(4)23-16/h5-8,10-11,21H,9H2,1-4H3,(H2,19,20,22)/t10-,11+/m0/s1. The predicted octanol–water partition coefficient (Wildman–Crippen LogP) is 3.10. The molecule has 0 bridgehead atoms. The number of nitrogens with zero attached hydrogens (tertiary/aromatic N) is 1. The smallest absolute Gasteiger partial charge is 0.319 e. The summed E-state index contributed by atoms with van der Waals surface area (Å²) in [5, 5.41) is 14.7. The van der Waals surface area contributed by atoms with Crippen LogP contribution in [0.3, 0.4) is 0 Å². The second-order valence-corrected chi connectivity index (χ2v) is 5.79. The SMILES string of the molecule is Cc1nc(-c2cccc(NC(=O)N[C@H](C)[C@@H](C)CO)c2)oc1C. The van der Waals surface area contributed by atoms with Crippen LogP contribution >= 0.6 is 0 Å². The molecule has 23 heavy (non-hydrogen) atoms. The minimum absolute atomic E-state index is 0.00893. The Hall–Kier alpha value is -2.34. The van der Waals surface area contributed by atoms with E-state index >= 15 is 0 Å². The van der Waals surface area contributed by atoms with Crippen molar-refractivity contribution >= 4 is 11.7 Å². The zero-order valence-corrected chi connectivity index (χ0v) is 13.9. The molecule has 3 N–H and O–H groups in total. The second kappa shape index (κ2) is 7.28. The van der Waals surface area contributed by atoms with Crippen molar-refractivity contribution in [3.8, 4) is 11.5 Å². The van der Waals surface area contributed by atoms with Crippen LogP contribution in [0.1, 0.15) is 25.3 Å². The molecule has 124 valence electrons. The molecule has 2 rings (SSSR count). The van der Waals surface area contributed by atoms with Gasteiger partial charge in [0.25, 0.3) is 0 Å². The first-order chi connectivity index (χ1) is 10.9. The molecule has 0 fully saturated rings. The van der Waals surface area contributed by atoms with Gasteiger partial charge in [0.2, 0.25) is 5.89 Å². The van der Waals surface area contributed by atoms with Gasteiger partial charge in [-0.3, -0.25) is 0 Å². The van der Waals surface area contributed by atoms with Gasteiger partial charge >= 0.3 is 6.03 Å². The lowest BCUT2D eigenvalue weighted by Gasteiger charge is -2.19. The number of nitrogens with one attached hydrogen (secondary N) is 2. The molecule has 2 aromatic rings. The van der Waals surface area contributed by atoms with E-state index in [0.717, 1.165) is 17.0 Å². The normalized spacial score (nSPS) is 13.4. The van der Waals surface area contributed by atoms with Crippen LogP contribution in [0.4, 0.5) is 10.5 Å². The highest BCUT2D eigenvalue weighted by Gasteiger charge is 2.14. The highest BCUT2D eigenvalue weighted by molar-refractivity contribution is 5.90. The lowest BCUT2D eigenvalue weighted by Crippen LogP contribution is -2.40. The summed E-state index contributed by atoms with van der Waals surface area (Å²) < 4.78 is 5.60. The van der Waals surface area contributed by atoms with Gasteiger partial charge in [0.05, 0.1) is 5.69 Å². The van der Waals surface area contributed by atoms with Crippen molar-refractivity contribution in [2.24, 2.45) is 5.92 Å². The molecule has 1 aromatic heterocycles. The van der Waals surface area contributed by atoms with Gasteiger partial charge in [-0.1, -0.05) is 13.0 Å². The summed E-state index contributed by atoms with van der Waals surface area (Å²) in [6.45, 7) is 7.51. The van der Waals surface area contributed by atoms with Gasteiger partial charge in [0.1, 0.15) is 5.76 Å². The number of aromatic nitrogens is 1. The summed E-state index contributed by atoms with van der Waals surface area (Å²) in [5.41, 5.74) is 2.30. The Labute approximate surface area is 135 Å². The van der Waals surface area contributed by atoms with Crippen molar-refractivity contribution in [2.45, 2.75) is 33.7 Å². The fraction of sp³-hybridized carbons (Fsp3) is 0.412. The van der Waals surface area contributed by atoms with E-state index in [2.05, 4.69) is 15.6 Å². The summed E-state index contributed by atoms with van der Waals surface area (Å²) in [6.07, 6.45) is 0. The van der Waals surface area contributed by atoms with Crippen LogP contribution < -0.4 is 10.6 Å². The number of aryl methyl sites for hydroxylation is 2. The van der Waals surface area contributed by atoms with E-state index in [4.69, 9.17) is 9.52 Å². The van der Waals surface area contributed by atoms with E-state index < -0.39 is 0 Å². The lowest BCUT2D eigenvalue weighted by atomic mass is 10.1. The molecule has 0 radical (unpaired) electrons. The molecular formula is C17H23N3O3. The third-order valence-corrected chi connectivity index (χ3v) is 3.90. The number of carbonyl (C=O) groups excluding carboxylic acids is 1. The number of urea groups is 1. The largest absolute Gasteiger partial charge is 0.441 e. The van der Waals surface area contributed by atoms with Crippen molar-refractivity contribution in [1.82, 2.24) is 10.3 Å². The van der Waals surface area contributed by atoms with E-state index in [1.165, 1.54) is 0 Å². The quantitative estimate of drug-likeness (QED) is 0.791. The monoisotopic (exact) mass is 317 g/mol. The van der Waals surface area contributed by atoms with E-state index in [0.29, 0.717) is 11.6 Å². The Balaban J connectivity index is 2.07. The number of aliphatic hydroxyl groups excluding tert-OH is 1. The van der Waals surface area contributed by atoms with E-state index in [1.54, 1.807) is 6.07 Å². The molecule has 0 saturated carbocycles. The Morgan fingerprint density at radius 1 is 1.35 bits per heavy atom. The highest BCUT2D eigenvalue weighted by Crippen LogP contribution is 2.24. The van der Waals surface area contributed by atoms with Crippen molar-refractivity contribution in [3.05, 3.63) is 35.7 Å². The summed E-state index contributed by atoms with van der Waals surface area (Å²) >= 11 is 0. The summed E-state index contributed by atoms with van der Waals surface area (Å²) in [6, 6.07) is 6.88. The first-order valence-corrected chi connectivity index (χ1v) is 7.63. The molecule has 2 atom stereocenters. The van der Waals surface area contributed by atoms with Crippen molar-refractivity contribution in [3.63, 3.8) is 0 Å². The van der Waals surface area contributed by atoms with E-state index in [1.807, 2.05) is 45.9 Å². The van der Waals surface area contributed by atoms with Crippen LogP contribution in [-0.2, 0) is 0 Å². The third-order valence-electron chi connectivity index (χ3n) is 3.90. The van der Waals surface area contributed by atoms with Crippen LogP contribution in [-0.4, -0.2) is 28.8 Å². The molecule has 0 aliphatic rings. The number of aliphatic hydroxyl groups is 1. The molecule has 1 aromatic carbocycles. The average molecular weight is 317 g/mol. The van der Waals surface area contributed by atoms with Crippen LogP contribution in [0.15, 0.2) is 28.7 Å². The molecule has 0 spiro atoms. The number of rotatable bonds is 5. The van der Waals surface area contributed by atoms with Gasteiger partial charge in [0, 0.05) is 23.9 Å². The molecule has 0 aliphatic carbocycles. The van der Waals surface area contributed by atoms with Crippen molar-refractivity contribution in [1.29, 1.82) is 0 Å². The van der Waals surface area contributed by atoms with E-state index in [9.17, 15) is 4.79 Å². The Morgan fingerprint density at radius 2 is 2.09 bits per heavy atom. The Morgan fingerprint density at radius 3 is 2.70 bits per heavy atom. The fourth-order valence-corrected chi connectivity index (χ4v) is 2.00. The minimum Gasteiger partial charge on any atom is -0.441 e. The van der Waals surface area contributed by atoms with Crippen LogP contribution in [0, 0.1) is 19.8 Å². The molecule has 6 nitrogen and oxygen atoms in total. The Kier molecular flexibility index (Phi) is 5.39. The highest BCUT2D eigenvalue weighted by atomic mass is 16.4. The maximum absolute atomic E-state index is 12.0. The molecule has 1 heterocycles. The molecule has 2 amide bonds. The lowest BCUT2D eigenvalue weighted by molar-refractivity contribution is 0.204. The van der Waals surface area contributed by atoms with Gasteiger partial charge in [-0.15, -0.1) is 0 Å². The molecule has 0 aliphatic heterocycles. The zero-order chi connectivity index (χ0) is 17.0. The Bertz CT molecular complexity index is 662. The van der Waals surface area contributed by atoms with Crippen LogP contribution in [0.2, 0.25) is 0 Å². The first-order valence-electron chi connectivity index (χ1n) is 7.63. The number of carbonyl (C=O) groups is 1. The van der Waals surface area contributed by atoms with Gasteiger partial charge in [0.15, 0.2) is 0 Å². The van der Waals surface area contributed by atoms with Crippen molar-refractivity contribution < 1.29 is 14.3 Å². The number of oxazole rings is 1. The number of hydrogen-bond acceptors (Lipinski definition) is 4. The minimum atomic E-state index is -0.310. The molecule has 0 unspecified atom stereocenters. The van der Waals surface area contributed by atoms with Crippen molar-refractivity contribution in [2.75, 3.05) is 11.9 Å². The maximum Gasteiger partial charge on any atom is 0.319 e. The number of amides is 2. The van der Waals surface area contributed by atoms with E-state index in [-0.39, 0.29) is 24.6 Å². The topological polar surface area (TPSA) is 87.4 Å². The predicted molar refractivity (Wildman–Crippen MR) is 89.3 cm³/mol. The molecule has 6 heteroatoms. The summed E-state index contributed by atoms with van der Waals surface area (Å²) in [7, 11) is 0. The number of anilines is 1. The van der Waals surface area contributed by atoms with Gasteiger partial charge < -0.3 is 20.2 Å². The third kappa shape index (κ3) is 4.32. The van der Waals surface area contributed by atoms with Crippen LogP contribution in [0.5, 0.6) is 0 Å². The molecular weight excluding hydrogens is 294 g/mol. The average Bonchev–Trinajstić information content (AvgIpc) is 2.86. The van der Waals surface area contributed by atoms with Crippen LogP contribution in [0.25, 0.3) is 11.5 Å². The maximum atomic E-state index is 12.0. The van der Waals surface area contributed by atoms with Gasteiger partial charge in [-0.25, -0.2) is 9.78 Å². The fourth-order valence-electron chi connectivity index (χ4n) is 2.00. The number of benzene rings is 1. The summed E-state index contributed by atoms with van der Waals surface area (Å²) in [4.78, 5) is 16.4. The molecule has 0 saturated heterocycles. The number of hydrogen-bond donors (Lipinski definition) is 3. The second-order valence-electron chi connectivity index (χ2n) is 5.79.